The highest BCUT2D eigenvalue weighted by atomic mass is 32.2. The summed E-state index contributed by atoms with van der Waals surface area (Å²) in [5.74, 6) is 0. The standard InChI is InChI=1S/C14H19N3OS/c1-9(15-8-14(19-2)5-6-14)10-3-4-11-12(7-10)17-13(18)16-11/h3-4,7,9,15H,5-6,8H2,1-2H3,(H2,16,17,18). The van der Waals surface area contributed by atoms with Crippen molar-refractivity contribution >= 4 is 22.8 Å². The third-order valence-electron chi connectivity index (χ3n) is 4.01. The summed E-state index contributed by atoms with van der Waals surface area (Å²) in [6.45, 7) is 3.22. The number of imidazole rings is 1. The Bertz CT molecular complexity index is 641. The van der Waals surface area contributed by atoms with Gasteiger partial charge in [-0.2, -0.15) is 11.8 Å². The summed E-state index contributed by atoms with van der Waals surface area (Å²) in [6.07, 6.45) is 4.83. The third-order valence-corrected chi connectivity index (χ3v) is 5.43. The van der Waals surface area contributed by atoms with Crippen molar-refractivity contribution < 1.29 is 0 Å². The molecule has 1 aliphatic carbocycles. The molecule has 4 nitrogen and oxygen atoms in total. The summed E-state index contributed by atoms with van der Waals surface area (Å²) in [5, 5.41) is 3.60. The molecule has 1 fully saturated rings. The lowest BCUT2D eigenvalue weighted by molar-refractivity contribution is 0.564. The average molecular weight is 277 g/mol. The predicted octanol–water partition coefficient (Wildman–Crippen LogP) is 2.40. The van der Waals surface area contributed by atoms with Crippen molar-refractivity contribution in [2.75, 3.05) is 12.8 Å². The molecular formula is C14H19N3OS. The van der Waals surface area contributed by atoms with Crippen molar-refractivity contribution in [2.45, 2.75) is 30.6 Å². The number of rotatable bonds is 5. The van der Waals surface area contributed by atoms with E-state index in [0.29, 0.717) is 10.8 Å². The van der Waals surface area contributed by atoms with Crippen LogP contribution in [0.2, 0.25) is 0 Å². The van der Waals surface area contributed by atoms with Gasteiger partial charge in [-0.25, -0.2) is 4.79 Å². The number of aromatic nitrogens is 2. The van der Waals surface area contributed by atoms with Gasteiger partial charge in [0.25, 0.3) is 0 Å². The molecule has 1 saturated carbocycles. The van der Waals surface area contributed by atoms with Gasteiger partial charge in [-0.15, -0.1) is 0 Å². The molecule has 0 amide bonds. The lowest BCUT2D eigenvalue weighted by Crippen LogP contribution is -2.28. The van der Waals surface area contributed by atoms with Crippen molar-refractivity contribution in [1.82, 2.24) is 15.3 Å². The van der Waals surface area contributed by atoms with E-state index >= 15 is 0 Å². The molecule has 0 aliphatic heterocycles. The summed E-state index contributed by atoms with van der Waals surface area (Å²) < 4.78 is 0.473. The Balaban J connectivity index is 1.73. The molecule has 2 aromatic rings. The molecule has 0 spiro atoms. The van der Waals surface area contributed by atoms with Gasteiger partial charge in [0.05, 0.1) is 11.0 Å². The summed E-state index contributed by atoms with van der Waals surface area (Å²) in [4.78, 5) is 16.8. The highest BCUT2D eigenvalue weighted by Crippen LogP contribution is 2.46. The molecule has 1 unspecified atom stereocenters. The normalized spacial score (nSPS) is 18.6. The molecule has 1 aromatic carbocycles. The van der Waals surface area contributed by atoms with Crippen LogP contribution in [0.1, 0.15) is 31.4 Å². The fourth-order valence-electron chi connectivity index (χ4n) is 2.37. The Morgan fingerprint density at radius 3 is 2.79 bits per heavy atom. The van der Waals surface area contributed by atoms with Crippen LogP contribution in [0.25, 0.3) is 11.0 Å². The van der Waals surface area contributed by atoms with Gasteiger partial charge < -0.3 is 15.3 Å². The van der Waals surface area contributed by atoms with Gasteiger partial charge in [0.2, 0.25) is 0 Å². The fourth-order valence-corrected chi connectivity index (χ4v) is 3.11. The highest BCUT2D eigenvalue weighted by Gasteiger charge is 2.41. The molecule has 3 N–H and O–H groups in total. The van der Waals surface area contributed by atoms with Crippen LogP contribution in [-0.4, -0.2) is 27.5 Å². The zero-order valence-corrected chi connectivity index (χ0v) is 12.1. The van der Waals surface area contributed by atoms with Crippen LogP contribution in [0.4, 0.5) is 0 Å². The number of benzene rings is 1. The molecule has 0 saturated heterocycles. The van der Waals surface area contributed by atoms with Crippen LogP contribution < -0.4 is 11.0 Å². The highest BCUT2D eigenvalue weighted by molar-refractivity contribution is 8.00. The van der Waals surface area contributed by atoms with Crippen LogP contribution >= 0.6 is 11.8 Å². The molecule has 0 bridgehead atoms. The summed E-state index contributed by atoms with van der Waals surface area (Å²) in [5.41, 5.74) is 2.80. The van der Waals surface area contributed by atoms with E-state index < -0.39 is 0 Å². The summed E-state index contributed by atoms with van der Waals surface area (Å²) in [6, 6.07) is 6.38. The minimum Gasteiger partial charge on any atom is -0.309 e. The maximum absolute atomic E-state index is 11.2. The summed E-state index contributed by atoms with van der Waals surface area (Å²) >= 11 is 1.97. The molecule has 3 rings (SSSR count). The molecule has 0 radical (unpaired) electrons. The number of hydrogen-bond donors (Lipinski definition) is 3. The van der Waals surface area contributed by atoms with Gasteiger partial charge in [0.15, 0.2) is 0 Å². The molecular weight excluding hydrogens is 258 g/mol. The van der Waals surface area contributed by atoms with E-state index in [9.17, 15) is 4.79 Å². The number of hydrogen-bond acceptors (Lipinski definition) is 3. The number of thioether (sulfide) groups is 1. The number of aromatic amines is 2. The minimum atomic E-state index is -0.146. The second kappa shape index (κ2) is 4.72. The molecule has 102 valence electrons. The van der Waals surface area contributed by atoms with E-state index in [2.05, 4.69) is 34.5 Å². The fraction of sp³-hybridized carbons (Fsp3) is 0.500. The van der Waals surface area contributed by atoms with Gasteiger partial charge in [-0.05, 0) is 43.7 Å². The first kappa shape index (κ1) is 12.8. The Labute approximate surface area is 116 Å². The van der Waals surface area contributed by atoms with Crippen molar-refractivity contribution in [1.29, 1.82) is 0 Å². The van der Waals surface area contributed by atoms with Crippen LogP contribution in [0.3, 0.4) is 0 Å². The van der Waals surface area contributed by atoms with Crippen LogP contribution in [0.15, 0.2) is 23.0 Å². The molecule has 1 aliphatic rings. The van der Waals surface area contributed by atoms with Crippen LogP contribution in [0.5, 0.6) is 0 Å². The average Bonchev–Trinajstić information content (AvgIpc) is 3.10. The van der Waals surface area contributed by atoms with E-state index in [1.165, 1.54) is 18.4 Å². The second-order valence-electron chi connectivity index (χ2n) is 5.37. The second-order valence-corrected chi connectivity index (χ2v) is 6.65. The Kier molecular flexibility index (Phi) is 3.19. The number of fused-ring (bicyclic) bond motifs is 1. The Morgan fingerprint density at radius 1 is 1.37 bits per heavy atom. The molecule has 1 heterocycles. The lowest BCUT2D eigenvalue weighted by atomic mass is 10.1. The lowest BCUT2D eigenvalue weighted by Gasteiger charge is -2.19. The first-order valence-corrected chi connectivity index (χ1v) is 7.85. The monoisotopic (exact) mass is 277 g/mol. The molecule has 5 heteroatoms. The van der Waals surface area contributed by atoms with E-state index in [1.807, 2.05) is 23.9 Å². The van der Waals surface area contributed by atoms with Gasteiger partial charge in [-0.1, -0.05) is 6.07 Å². The van der Waals surface area contributed by atoms with Crippen molar-refractivity contribution in [2.24, 2.45) is 0 Å². The van der Waals surface area contributed by atoms with Gasteiger partial charge in [0, 0.05) is 17.3 Å². The van der Waals surface area contributed by atoms with E-state index in [-0.39, 0.29) is 5.69 Å². The quantitative estimate of drug-likeness (QED) is 0.786. The molecule has 19 heavy (non-hydrogen) atoms. The number of H-pyrrole nitrogens is 2. The van der Waals surface area contributed by atoms with Crippen molar-refractivity contribution in [3.05, 3.63) is 34.2 Å². The topological polar surface area (TPSA) is 60.7 Å². The zero-order valence-electron chi connectivity index (χ0n) is 11.2. The van der Waals surface area contributed by atoms with Crippen LogP contribution in [-0.2, 0) is 0 Å². The van der Waals surface area contributed by atoms with Crippen molar-refractivity contribution in [3.8, 4) is 0 Å². The minimum absolute atomic E-state index is 0.146. The SMILES string of the molecule is CSC1(CNC(C)c2ccc3[nH]c(=O)[nH]c3c2)CC1. The van der Waals surface area contributed by atoms with Crippen molar-refractivity contribution in [3.63, 3.8) is 0 Å². The van der Waals surface area contributed by atoms with Crippen LogP contribution in [0, 0.1) is 0 Å². The van der Waals surface area contributed by atoms with E-state index in [0.717, 1.165) is 17.6 Å². The first-order chi connectivity index (χ1) is 9.12. The third kappa shape index (κ3) is 2.58. The largest absolute Gasteiger partial charge is 0.323 e. The summed E-state index contributed by atoms with van der Waals surface area (Å²) in [7, 11) is 0. The maximum atomic E-state index is 11.2. The van der Waals surface area contributed by atoms with Gasteiger partial charge in [0.1, 0.15) is 0 Å². The van der Waals surface area contributed by atoms with Gasteiger partial charge >= 0.3 is 5.69 Å². The smallest absolute Gasteiger partial charge is 0.309 e. The maximum Gasteiger partial charge on any atom is 0.323 e. The van der Waals surface area contributed by atoms with E-state index in [4.69, 9.17) is 0 Å². The predicted molar refractivity (Wildman–Crippen MR) is 80.8 cm³/mol. The molecule has 1 atom stereocenters. The first-order valence-electron chi connectivity index (χ1n) is 6.62. The van der Waals surface area contributed by atoms with E-state index in [1.54, 1.807) is 0 Å². The molecule has 1 aromatic heterocycles. The Morgan fingerprint density at radius 2 is 2.11 bits per heavy atom. The zero-order chi connectivity index (χ0) is 13.5. The number of nitrogens with one attached hydrogen (secondary N) is 3. The Hall–Kier alpha value is -1.20. The van der Waals surface area contributed by atoms with Gasteiger partial charge in [-0.3, -0.25) is 0 Å².